The van der Waals surface area contributed by atoms with E-state index in [2.05, 4.69) is 15.1 Å². The van der Waals surface area contributed by atoms with Gasteiger partial charge in [0.1, 0.15) is 0 Å². The summed E-state index contributed by atoms with van der Waals surface area (Å²) in [6.45, 7) is 0. The number of hydrogen-bond acceptors (Lipinski definition) is 5. The monoisotopic (exact) mass is 254 g/mol. The van der Waals surface area contributed by atoms with Gasteiger partial charge >= 0.3 is 0 Å². The van der Waals surface area contributed by atoms with Crippen molar-refractivity contribution >= 4 is 22.5 Å². The molecule has 0 fully saturated rings. The van der Waals surface area contributed by atoms with Crippen LogP contribution in [-0.4, -0.2) is 25.7 Å². The van der Waals surface area contributed by atoms with Crippen LogP contribution in [0.4, 0.5) is 5.69 Å². The zero-order chi connectivity index (χ0) is 13.4. The van der Waals surface area contributed by atoms with Crippen LogP contribution < -0.4 is 11.5 Å². The Bertz CT molecular complexity index is 779. The maximum Gasteiger partial charge on any atom is 0.271 e. The second kappa shape index (κ2) is 4.05. The van der Waals surface area contributed by atoms with Crippen molar-refractivity contribution in [3.05, 3.63) is 42.4 Å². The number of benzene rings is 1. The van der Waals surface area contributed by atoms with Crippen molar-refractivity contribution in [3.63, 3.8) is 0 Å². The fraction of sp³-hybridized carbons (Fsp3) is 0. The van der Waals surface area contributed by atoms with Crippen LogP contribution in [0.25, 0.3) is 16.9 Å². The molecule has 0 unspecified atom stereocenters. The van der Waals surface area contributed by atoms with Crippen LogP contribution >= 0.6 is 0 Å². The van der Waals surface area contributed by atoms with E-state index in [0.29, 0.717) is 5.95 Å². The van der Waals surface area contributed by atoms with E-state index in [4.69, 9.17) is 11.5 Å². The molecule has 7 heteroatoms. The van der Waals surface area contributed by atoms with Gasteiger partial charge in [-0.15, -0.1) is 0 Å². The molecular formula is C12H10N6O. The van der Waals surface area contributed by atoms with Crippen LogP contribution in [0, 0.1) is 0 Å². The SMILES string of the molecule is NC(=O)c1nn(-c2ncc3ccccc3n2)cc1N. The maximum absolute atomic E-state index is 11.1. The summed E-state index contributed by atoms with van der Waals surface area (Å²) in [6.07, 6.45) is 3.14. The molecule has 0 saturated carbocycles. The van der Waals surface area contributed by atoms with Gasteiger partial charge in [-0.3, -0.25) is 4.79 Å². The lowest BCUT2D eigenvalue weighted by Crippen LogP contribution is -2.14. The maximum atomic E-state index is 11.1. The molecule has 1 aromatic carbocycles. The molecule has 3 aromatic rings. The average molecular weight is 254 g/mol. The van der Waals surface area contributed by atoms with E-state index in [1.165, 1.54) is 10.9 Å². The number of para-hydroxylation sites is 1. The average Bonchev–Trinajstić information content (AvgIpc) is 2.80. The molecule has 1 amide bonds. The first-order valence-electron chi connectivity index (χ1n) is 5.52. The number of rotatable bonds is 2. The van der Waals surface area contributed by atoms with Gasteiger partial charge in [0.2, 0.25) is 0 Å². The van der Waals surface area contributed by atoms with Gasteiger partial charge in [-0.2, -0.15) is 5.10 Å². The lowest BCUT2D eigenvalue weighted by Gasteiger charge is -2.00. The summed E-state index contributed by atoms with van der Waals surface area (Å²) >= 11 is 0. The number of nitrogen functional groups attached to an aromatic ring is 1. The largest absolute Gasteiger partial charge is 0.395 e. The standard InChI is InChI=1S/C12H10N6O/c13-8-6-18(17-10(8)11(14)19)12-15-5-7-3-1-2-4-9(7)16-12/h1-6H,13H2,(H2,14,19). The first-order valence-corrected chi connectivity index (χ1v) is 5.52. The molecule has 3 rings (SSSR count). The Morgan fingerprint density at radius 3 is 2.79 bits per heavy atom. The number of amides is 1. The number of primary amides is 1. The number of nitrogens with two attached hydrogens (primary N) is 2. The lowest BCUT2D eigenvalue weighted by molar-refractivity contribution is 0.0996. The highest BCUT2D eigenvalue weighted by Crippen LogP contribution is 2.14. The van der Waals surface area contributed by atoms with Gasteiger partial charge in [0.25, 0.3) is 11.9 Å². The van der Waals surface area contributed by atoms with Crippen molar-refractivity contribution in [1.29, 1.82) is 0 Å². The highest BCUT2D eigenvalue weighted by Gasteiger charge is 2.13. The van der Waals surface area contributed by atoms with Crippen molar-refractivity contribution in [2.75, 3.05) is 5.73 Å². The number of anilines is 1. The predicted octanol–water partition coefficient (Wildman–Crippen LogP) is 0.497. The Balaban J connectivity index is 2.13. The smallest absolute Gasteiger partial charge is 0.271 e. The number of hydrogen-bond donors (Lipinski definition) is 2. The van der Waals surface area contributed by atoms with Crippen LogP contribution in [0.15, 0.2) is 36.7 Å². The van der Waals surface area contributed by atoms with Gasteiger partial charge in [0, 0.05) is 11.6 Å². The van der Waals surface area contributed by atoms with E-state index >= 15 is 0 Å². The zero-order valence-corrected chi connectivity index (χ0v) is 9.82. The topological polar surface area (TPSA) is 113 Å². The molecule has 7 nitrogen and oxygen atoms in total. The summed E-state index contributed by atoms with van der Waals surface area (Å²) in [4.78, 5) is 19.6. The summed E-state index contributed by atoms with van der Waals surface area (Å²) in [5.74, 6) is -0.352. The molecule has 0 spiro atoms. The summed E-state index contributed by atoms with van der Waals surface area (Å²) in [6, 6.07) is 7.56. The highest BCUT2D eigenvalue weighted by atomic mass is 16.1. The molecule has 19 heavy (non-hydrogen) atoms. The van der Waals surface area contributed by atoms with E-state index in [9.17, 15) is 4.79 Å². The second-order valence-electron chi connectivity index (χ2n) is 3.97. The van der Waals surface area contributed by atoms with Crippen LogP contribution in [0.5, 0.6) is 0 Å². The minimum Gasteiger partial charge on any atom is -0.395 e. The summed E-state index contributed by atoms with van der Waals surface area (Å²) in [7, 11) is 0. The third-order valence-corrected chi connectivity index (χ3v) is 2.66. The van der Waals surface area contributed by atoms with Crippen LogP contribution in [-0.2, 0) is 0 Å². The Morgan fingerprint density at radius 1 is 1.26 bits per heavy atom. The van der Waals surface area contributed by atoms with Crippen molar-refractivity contribution in [2.45, 2.75) is 0 Å². The van der Waals surface area contributed by atoms with Gasteiger partial charge < -0.3 is 11.5 Å². The second-order valence-corrected chi connectivity index (χ2v) is 3.97. The van der Waals surface area contributed by atoms with Crippen LogP contribution in [0.1, 0.15) is 10.5 Å². The van der Waals surface area contributed by atoms with Gasteiger partial charge in [-0.05, 0) is 6.07 Å². The number of nitrogens with zero attached hydrogens (tertiary/aromatic N) is 4. The number of aromatic nitrogens is 4. The molecule has 94 valence electrons. The first kappa shape index (κ1) is 11.1. The Morgan fingerprint density at radius 2 is 2.05 bits per heavy atom. The number of fused-ring (bicyclic) bond motifs is 1. The molecule has 2 heterocycles. The van der Waals surface area contributed by atoms with Crippen molar-refractivity contribution in [2.24, 2.45) is 5.73 Å². The third-order valence-electron chi connectivity index (χ3n) is 2.66. The molecular weight excluding hydrogens is 244 g/mol. The van der Waals surface area contributed by atoms with E-state index in [0.717, 1.165) is 10.9 Å². The fourth-order valence-electron chi connectivity index (χ4n) is 1.75. The molecule has 2 aromatic heterocycles. The third kappa shape index (κ3) is 1.86. The Hall–Kier alpha value is -2.96. The minimum atomic E-state index is -0.683. The van der Waals surface area contributed by atoms with Crippen LogP contribution in [0.2, 0.25) is 0 Å². The lowest BCUT2D eigenvalue weighted by atomic mass is 10.2. The quantitative estimate of drug-likeness (QED) is 0.691. The van der Waals surface area contributed by atoms with Gasteiger partial charge in [-0.1, -0.05) is 18.2 Å². The summed E-state index contributed by atoms with van der Waals surface area (Å²) < 4.78 is 1.34. The molecule has 0 radical (unpaired) electrons. The molecule has 0 aliphatic carbocycles. The Kier molecular flexibility index (Phi) is 2.38. The molecule has 0 bridgehead atoms. The molecule has 0 aliphatic heterocycles. The minimum absolute atomic E-state index is 0.0109. The molecule has 0 saturated heterocycles. The number of carbonyl (C=O) groups is 1. The summed E-state index contributed by atoms with van der Waals surface area (Å²) in [5, 5.41) is 4.90. The summed E-state index contributed by atoms with van der Waals surface area (Å²) in [5.41, 5.74) is 11.8. The van der Waals surface area contributed by atoms with Crippen molar-refractivity contribution < 1.29 is 4.79 Å². The fourth-order valence-corrected chi connectivity index (χ4v) is 1.75. The van der Waals surface area contributed by atoms with Gasteiger partial charge in [0.05, 0.1) is 17.4 Å². The van der Waals surface area contributed by atoms with E-state index in [1.54, 1.807) is 6.20 Å². The van der Waals surface area contributed by atoms with E-state index in [-0.39, 0.29) is 11.4 Å². The van der Waals surface area contributed by atoms with Crippen molar-refractivity contribution in [1.82, 2.24) is 19.7 Å². The molecule has 0 aliphatic rings. The zero-order valence-electron chi connectivity index (χ0n) is 9.82. The normalized spacial score (nSPS) is 10.7. The highest BCUT2D eigenvalue weighted by molar-refractivity contribution is 5.95. The Labute approximate surface area is 107 Å². The van der Waals surface area contributed by atoms with Crippen molar-refractivity contribution in [3.8, 4) is 5.95 Å². The number of carbonyl (C=O) groups excluding carboxylic acids is 1. The van der Waals surface area contributed by atoms with Crippen LogP contribution in [0.3, 0.4) is 0 Å². The van der Waals surface area contributed by atoms with Gasteiger partial charge in [0.15, 0.2) is 5.69 Å². The molecule has 0 atom stereocenters. The predicted molar refractivity (Wildman–Crippen MR) is 69.6 cm³/mol. The van der Waals surface area contributed by atoms with Gasteiger partial charge in [-0.25, -0.2) is 14.6 Å². The first-order chi connectivity index (χ1) is 9.15. The van der Waals surface area contributed by atoms with E-state index in [1.807, 2.05) is 24.3 Å². The molecule has 4 N–H and O–H groups in total. The van der Waals surface area contributed by atoms with E-state index < -0.39 is 5.91 Å².